The zero-order chi connectivity index (χ0) is 14.7. The predicted octanol–water partition coefficient (Wildman–Crippen LogP) is 4.15. The Labute approximate surface area is 129 Å². The van der Waals surface area contributed by atoms with Crippen molar-refractivity contribution in [2.45, 2.75) is 25.7 Å². The Morgan fingerprint density at radius 1 is 1.45 bits per heavy atom. The zero-order valence-electron chi connectivity index (χ0n) is 10.6. The van der Waals surface area contributed by atoms with E-state index in [4.69, 9.17) is 16.3 Å². The number of carbonyl (C=O) groups is 1. The van der Waals surface area contributed by atoms with E-state index < -0.39 is 4.92 Å². The first-order valence-electron chi connectivity index (χ1n) is 6.28. The van der Waals surface area contributed by atoms with Crippen LogP contribution in [0.4, 0.5) is 5.69 Å². The van der Waals surface area contributed by atoms with Gasteiger partial charge in [0.1, 0.15) is 6.61 Å². The van der Waals surface area contributed by atoms with Gasteiger partial charge in [-0.25, -0.2) is 0 Å². The van der Waals surface area contributed by atoms with Gasteiger partial charge < -0.3 is 4.74 Å². The molecule has 1 aromatic rings. The second-order valence-electron chi connectivity index (χ2n) is 4.73. The highest BCUT2D eigenvalue weighted by Crippen LogP contribution is 2.38. The van der Waals surface area contributed by atoms with E-state index in [2.05, 4.69) is 15.9 Å². The summed E-state index contributed by atoms with van der Waals surface area (Å²) in [5.74, 6) is 0.0736. The zero-order valence-corrected chi connectivity index (χ0v) is 12.9. The van der Waals surface area contributed by atoms with Gasteiger partial charge >= 0.3 is 5.69 Å². The summed E-state index contributed by atoms with van der Waals surface area (Å²) < 4.78 is 5.73. The number of ketones is 1. The molecule has 0 saturated heterocycles. The van der Waals surface area contributed by atoms with E-state index in [-0.39, 0.29) is 34.8 Å². The summed E-state index contributed by atoms with van der Waals surface area (Å²) >= 11 is 8.95. The molecule has 1 aliphatic rings. The van der Waals surface area contributed by atoms with Gasteiger partial charge in [-0.1, -0.05) is 24.4 Å². The highest BCUT2D eigenvalue weighted by molar-refractivity contribution is 9.10. The van der Waals surface area contributed by atoms with Crippen molar-refractivity contribution >= 4 is 39.0 Å². The second kappa shape index (κ2) is 6.54. The number of rotatable bonds is 5. The van der Waals surface area contributed by atoms with Crippen LogP contribution in [0.3, 0.4) is 0 Å². The standard InChI is InChI=1S/C13H13BrClNO4/c14-10-5-9(15)6-11(16(18)19)13(10)20-7-12(17)8-3-1-2-4-8/h5-6,8H,1-4,7H2. The van der Waals surface area contributed by atoms with Crippen molar-refractivity contribution < 1.29 is 14.5 Å². The molecule has 0 heterocycles. The smallest absolute Gasteiger partial charge is 0.313 e. The number of hydrogen-bond acceptors (Lipinski definition) is 4. The Kier molecular flexibility index (Phi) is 4.99. The van der Waals surface area contributed by atoms with Crippen LogP contribution in [-0.4, -0.2) is 17.3 Å². The number of nitrogens with zero attached hydrogens (tertiary/aromatic N) is 1. The Morgan fingerprint density at radius 2 is 2.10 bits per heavy atom. The molecule has 2 rings (SSSR count). The molecule has 108 valence electrons. The minimum absolute atomic E-state index is 0.00125. The van der Waals surface area contributed by atoms with Crippen molar-refractivity contribution in [2.24, 2.45) is 5.92 Å². The lowest BCUT2D eigenvalue weighted by atomic mass is 10.0. The number of nitro benzene ring substituents is 1. The third-order valence-corrected chi connectivity index (χ3v) is 4.16. The van der Waals surface area contributed by atoms with Crippen LogP contribution in [-0.2, 0) is 4.79 Å². The van der Waals surface area contributed by atoms with E-state index >= 15 is 0 Å². The van der Waals surface area contributed by atoms with Crippen molar-refractivity contribution in [3.05, 3.63) is 31.7 Å². The molecule has 1 fully saturated rings. The molecule has 1 aromatic carbocycles. The lowest BCUT2D eigenvalue weighted by molar-refractivity contribution is -0.385. The van der Waals surface area contributed by atoms with Crippen molar-refractivity contribution in [3.8, 4) is 5.75 Å². The minimum atomic E-state index is -0.577. The molecule has 0 aromatic heterocycles. The van der Waals surface area contributed by atoms with Crippen LogP contribution in [0.25, 0.3) is 0 Å². The van der Waals surface area contributed by atoms with Crippen LogP contribution in [0.1, 0.15) is 25.7 Å². The second-order valence-corrected chi connectivity index (χ2v) is 6.02. The first kappa shape index (κ1) is 15.3. The lowest BCUT2D eigenvalue weighted by Gasteiger charge is -2.11. The van der Waals surface area contributed by atoms with Crippen molar-refractivity contribution in [2.75, 3.05) is 6.61 Å². The molecule has 20 heavy (non-hydrogen) atoms. The SMILES string of the molecule is O=C(COc1c(Br)cc(Cl)cc1[N+](=O)[O-])C1CCCC1. The molecule has 0 bridgehead atoms. The Morgan fingerprint density at radius 3 is 2.70 bits per heavy atom. The number of ether oxygens (including phenoxy) is 1. The fourth-order valence-electron chi connectivity index (χ4n) is 2.33. The first-order valence-corrected chi connectivity index (χ1v) is 7.45. The van der Waals surface area contributed by atoms with E-state index in [0.717, 1.165) is 25.7 Å². The van der Waals surface area contributed by atoms with Gasteiger partial charge in [0.05, 0.1) is 9.40 Å². The van der Waals surface area contributed by atoms with Crippen LogP contribution < -0.4 is 4.74 Å². The van der Waals surface area contributed by atoms with Gasteiger partial charge in [-0.05, 0) is 34.8 Å². The van der Waals surface area contributed by atoms with Crippen LogP contribution >= 0.6 is 27.5 Å². The molecular weight excluding hydrogens is 350 g/mol. The van der Waals surface area contributed by atoms with Gasteiger partial charge in [0, 0.05) is 17.0 Å². The maximum atomic E-state index is 11.9. The normalized spacial score (nSPS) is 15.3. The van der Waals surface area contributed by atoms with E-state index in [1.165, 1.54) is 12.1 Å². The lowest BCUT2D eigenvalue weighted by Crippen LogP contribution is -2.19. The minimum Gasteiger partial charge on any atom is -0.478 e. The Hall–Kier alpha value is -1.14. The van der Waals surface area contributed by atoms with Gasteiger partial charge in [0.25, 0.3) is 0 Å². The summed E-state index contributed by atoms with van der Waals surface area (Å²) in [5.41, 5.74) is -0.247. The molecule has 0 atom stereocenters. The van der Waals surface area contributed by atoms with Gasteiger partial charge in [0.15, 0.2) is 5.78 Å². The summed E-state index contributed by atoms with van der Waals surface area (Å²) in [6.45, 7) is -0.147. The fourth-order valence-corrected chi connectivity index (χ4v) is 3.24. The van der Waals surface area contributed by atoms with Gasteiger partial charge in [-0.3, -0.25) is 14.9 Å². The van der Waals surface area contributed by atoms with Gasteiger partial charge in [0.2, 0.25) is 5.75 Å². The van der Waals surface area contributed by atoms with Crippen molar-refractivity contribution in [1.29, 1.82) is 0 Å². The number of Topliss-reactive ketones (excluding diaryl/α,β-unsaturated/α-hetero) is 1. The van der Waals surface area contributed by atoms with Crippen LogP contribution in [0, 0.1) is 16.0 Å². The number of carbonyl (C=O) groups excluding carboxylic acids is 1. The molecule has 5 nitrogen and oxygen atoms in total. The predicted molar refractivity (Wildman–Crippen MR) is 78.3 cm³/mol. The summed E-state index contributed by atoms with van der Waals surface area (Å²) in [4.78, 5) is 22.4. The number of halogens is 2. The van der Waals surface area contributed by atoms with Gasteiger partial charge in [-0.2, -0.15) is 0 Å². The molecule has 1 aliphatic carbocycles. The van der Waals surface area contributed by atoms with Gasteiger partial charge in [-0.15, -0.1) is 0 Å². The van der Waals surface area contributed by atoms with E-state index in [0.29, 0.717) is 4.47 Å². The van der Waals surface area contributed by atoms with Crippen LogP contribution in [0.2, 0.25) is 5.02 Å². The largest absolute Gasteiger partial charge is 0.478 e. The maximum Gasteiger partial charge on any atom is 0.313 e. The highest BCUT2D eigenvalue weighted by atomic mass is 79.9. The monoisotopic (exact) mass is 361 g/mol. The first-order chi connectivity index (χ1) is 9.49. The van der Waals surface area contributed by atoms with E-state index in [1.54, 1.807) is 0 Å². The third-order valence-electron chi connectivity index (χ3n) is 3.35. The summed E-state index contributed by atoms with van der Waals surface area (Å²) in [7, 11) is 0. The highest BCUT2D eigenvalue weighted by Gasteiger charge is 2.25. The summed E-state index contributed by atoms with van der Waals surface area (Å²) in [5, 5.41) is 11.2. The fraction of sp³-hybridized carbons (Fsp3) is 0.462. The molecular formula is C13H13BrClNO4. The number of nitro groups is 1. The Balaban J connectivity index is 2.12. The quantitative estimate of drug-likeness (QED) is 0.583. The third kappa shape index (κ3) is 3.49. The maximum absolute atomic E-state index is 11.9. The number of benzene rings is 1. The average Bonchev–Trinajstić information content (AvgIpc) is 2.90. The summed E-state index contributed by atoms with van der Waals surface area (Å²) in [6.07, 6.45) is 3.88. The van der Waals surface area contributed by atoms with E-state index in [9.17, 15) is 14.9 Å². The molecule has 1 saturated carbocycles. The Bertz CT molecular complexity index is 543. The average molecular weight is 363 g/mol. The van der Waals surface area contributed by atoms with Crippen LogP contribution in [0.5, 0.6) is 5.75 Å². The summed E-state index contributed by atoms with van der Waals surface area (Å²) in [6, 6.07) is 2.71. The molecule has 0 spiro atoms. The molecule has 0 aliphatic heterocycles. The number of hydrogen-bond donors (Lipinski definition) is 0. The molecule has 0 N–H and O–H groups in total. The molecule has 7 heteroatoms. The van der Waals surface area contributed by atoms with Crippen LogP contribution in [0.15, 0.2) is 16.6 Å². The van der Waals surface area contributed by atoms with Crippen molar-refractivity contribution in [1.82, 2.24) is 0 Å². The molecule has 0 radical (unpaired) electrons. The van der Waals surface area contributed by atoms with Crippen molar-refractivity contribution in [3.63, 3.8) is 0 Å². The molecule has 0 amide bonds. The topological polar surface area (TPSA) is 69.4 Å². The molecule has 0 unspecified atom stereocenters. The van der Waals surface area contributed by atoms with E-state index in [1.807, 2.05) is 0 Å².